The molecule has 0 radical (unpaired) electrons. The Bertz CT molecular complexity index is 1700. The molecule has 0 N–H and O–H groups in total. The van der Waals surface area contributed by atoms with Crippen LogP contribution in [0.5, 0.6) is 0 Å². The normalized spacial score (nSPS) is 11.2. The summed E-state index contributed by atoms with van der Waals surface area (Å²) in [6.45, 7) is 8.21. The van der Waals surface area contributed by atoms with Gasteiger partial charge in [-0.15, -0.1) is 22.7 Å². The van der Waals surface area contributed by atoms with Crippen LogP contribution in [0.25, 0.3) is 40.3 Å². The Hall–Kier alpha value is -3.34. The molecule has 168 valence electrons. The van der Waals surface area contributed by atoms with Crippen LogP contribution in [0, 0.1) is 27.7 Å². The van der Waals surface area contributed by atoms with Crippen molar-refractivity contribution in [3.63, 3.8) is 0 Å². The zero-order valence-electron chi connectivity index (χ0n) is 19.6. The van der Waals surface area contributed by atoms with Crippen LogP contribution in [0.3, 0.4) is 0 Å². The summed E-state index contributed by atoms with van der Waals surface area (Å²) in [4.78, 5) is 24.8. The van der Waals surface area contributed by atoms with Gasteiger partial charge < -0.3 is 0 Å². The summed E-state index contributed by atoms with van der Waals surface area (Å²) in [6, 6.07) is 23.9. The number of aryl methyl sites for hydroxylation is 4. The zero-order valence-corrected chi connectivity index (χ0v) is 21.2. The molecule has 34 heavy (non-hydrogen) atoms. The van der Waals surface area contributed by atoms with Crippen molar-refractivity contribution in [2.45, 2.75) is 27.7 Å². The first-order valence-corrected chi connectivity index (χ1v) is 12.8. The average molecular weight is 481 g/mol. The first-order chi connectivity index (χ1) is 16.3. The average Bonchev–Trinajstić information content (AvgIpc) is 2.82. The molecule has 6 aromatic rings. The Morgan fingerprint density at radius 3 is 1.29 bits per heavy atom. The van der Waals surface area contributed by atoms with E-state index in [2.05, 4.69) is 26.0 Å². The third-order valence-corrected chi connectivity index (χ3v) is 8.66. The number of fused-ring (bicyclic) bond motifs is 4. The van der Waals surface area contributed by atoms with Crippen molar-refractivity contribution < 1.29 is 0 Å². The van der Waals surface area contributed by atoms with Crippen molar-refractivity contribution in [3.05, 3.63) is 115 Å². The minimum absolute atomic E-state index is 0.154. The van der Waals surface area contributed by atoms with Gasteiger partial charge in [0.05, 0.1) is 0 Å². The van der Waals surface area contributed by atoms with Gasteiger partial charge in [0.1, 0.15) is 0 Å². The van der Waals surface area contributed by atoms with Crippen molar-refractivity contribution in [2.24, 2.45) is 0 Å². The minimum Gasteiger partial charge on any atom is -0.289 e. The molecule has 0 aliphatic heterocycles. The van der Waals surface area contributed by atoms with Crippen LogP contribution >= 0.6 is 22.7 Å². The molecule has 0 unspecified atom stereocenters. The third kappa shape index (κ3) is 3.93. The molecule has 0 aliphatic rings. The van der Waals surface area contributed by atoms with Gasteiger partial charge in [0.2, 0.25) is 0 Å². The number of hydrogen-bond acceptors (Lipinski definition) is 4. The molecule has 0 atom stereocenters. The molecule has 0 amide bonds. The fourth-order valence-electron chi connectivity index (χ4n) is 4.51. The van der Waals surface area contributed by atoms with Crippen molar-refractivity contribution in [3.8, 4) is 0 Å². The maximum Gasteiger partial charge on any atom is 0.195 e. The van der Waals surface area contributed by atoms with Gasteiger partial charge >= 0.3 is 0 Å². The van der Waals surface area contributed by atoms with Crippen LogP contribution < -0.4 is 10.9 Å². The molecule has 0 spiro atoms. The highest BCUT2D eigenvalue weighted by molar-refractivity contribution is 7.25. The second kappa shape index (κ2) is 8.79. The molecule has 6 rings (SSSR count). The van der Waals surface area contributed by atoms with E-state index in [0.29, 0.717) is 0 Å². The van der Waals surface area contributed by atoms with Gasteiger partial charge in [-0.25, -0.2) is 0 Å². The van der Waals surface area contributed by atoms with Crippen molar-refractivity contribution in [1.82, 2.24) is 0 Å². The van der Waals surface area contributed by atoms with E-state index in [1.807, 2.05) is 74.5 Å². The van der Waals surface area contributed by atoms with E-state index in [1.54, 1.807) is 22.7 Å². The zero-order chi connectivity index (χ0) is 24.0. The van der Waals surface area contributed by atoms with E-state index < -0.39 is 0 Å². The second-order valence-corrected chi connectivity index (χ2v) is 10.9. The SMILES string of the molecule is Cc1cc(C)c2sc3ccccc3c(=O)c2c1.Cc1cc(C)c2sc3ccccc3c(=O)c2c1. The predicted octanol–water partition coefficient (Wildman–Crippen LogP) is 8.06. The fraction of sp³-hybridized carbons (Fsp3) is 0.133. The highest BCUT2D eigenvalue weighted by Gasteiger charge is 2.09. The lowest BCUT2D eigenvalue weighted by atomic mass is 10.1. The predicted molar refractivity (Wildman–Crippen MR) is 150 cm³/mol. The van der Waals surface area contributed by atoms with Gasteiger partial charge in [-0.05, 0) is 75.2 Å². The molecule has 0 aliphatic carbocycles. The monoisotopic (exact) mass is 480 g/mol. The molecular weight excluding hydrogens is 456 g/mol. The third-order valence-electron chi connectivity index (χ3n) is 6.01. The summed E-state index contributed by atoms with van der Waals surface area (Å²) in [7, 11) is 0. The molecule has 2 nitrogen and oxygen atoms in total. The fourth-order valence-corrected chi connectivity index (χ4v) is 6.75. The smallest absolute Gasteiger partial charge is 0.195 e. The Balaban J connectivity index is 0.000000142. The summed E-state index contributed by atoms with van der Waals surface area (Å²) >= 11 is 3.40. The van der Waals surface area contributed by atoms with E-state index in [-0.39, 0.29) is 10.9 Å². The van der Waals surface area contributed by atoms with E-state index >= 15 is 0 Å². The standard InChI is InChI=1S/2C15H12OS/c2*1-9-7-10(2)15-12(8-9)14(16)11-5-3-4-6-13(11)17-15/h2*3-8H,1-2H3. The van der Waals surface area contributed by atoms with Crippen LogP contribution in [0.2, 0.25) is 0 Å². The van der Waals surface area contributed by atoms with Gasteiger partial charge in [0, 0.05) is 40.3 Å². The van der Waals surface area contributed by atoms with Crippen LogP contribution in [-0.2, 0) is 0 Å². The first-order valence-electron chi connectivity index (χ1n) is 11.2. The van der Waals surface area contributed by atoms with Crippen LogP contribution in [0.4, 0.5) is 0 Å². The Morgan fingerprint density at radius 1 is 0.500 bits per heavy atom. The van der Waals surface area contributed by atoms with Crippen molar-refractivity contribution in [1.29, 1.82) is 0 Å². The summed E-state index contributed by atoms with van der Waals surface area (Å²) in [6.07, 6.45) is 0. The summed E-state index contributed by atoms with van der Waals surface area (Å²) in [5, 5.41) is 3.36. The molecule has 2 heterocycles. The summed E-state index contributed by atoms with van der Waals surface area (Å²) in [5.74, 6) is 0. The van der Waals surface area contributed by atoms with E-state index in [0.717, 1.165) is 51.5 Å². The first kappa shape index (κ1) is 22.5. The largest absolute Gasteiger partial charge is 0.289 e. The highest BCUT2D eigenvalue weighted by atomic mass is 32.1. The lowest BCUT2D eigenvalue weighted by Gasteiger charge is -2.05. The highest BCUT2D eigenvalue weighted by Crippen LogP contribution is 2.29. The molecule has 4 aromatic carbocycles. The lowest BCUT2D eigenvalue weighted by Crippen LogP contribution is -2.01. The van der Waals surface area contributed by atoms with Crippen LogP contribution in [0.1, 0.15) is 22.3 Å². The van der Waals surface area contributed by atoms with Crippen molar-refractivity contribution in [2.75, 3.05) is 0 Å². The van der Waals surface area contributed by atoms with Gasteiger partial charge in [-0.3, -0.25) is 9.59 Å². The second-order valence-electron chi connectivity index (χ2n) is 8.77. The Labute approximate surface area is 205 Å². The molecule has 0 bridgehead atoms. The molecule has 2 aromatic heterocycles. The van der Waals surface area contributed by atoms with Crippen LogP contribution in [0.15, 0.2) is 82.4 Å². The van der Waals surface area contributed by atoms with E-state index in [9.17, 15) is 9.59 Å². The Morgan fingerprint density at radius 2 is 0.882 bits per heavy atom. The molecule has 0 saturated heterocycles. The van der Waals surface area contributed by atoms with Gasteiger partial charge in [-0.1, -0.05) is 47.5 Å². The van der Waals surface area contributed by atoms with Gasteiger partial charge in [0.25, 0.3) is 0 Å². The van der Waals surface area contributed by atoms with Gasteiger partial charge in [-0.2, -0.15) is 0 Å². The van der Waals surface area contributed by atoms with Crippen molar-refractivity contribution >= 4 is 63.0 Å². The van der Waals surface area contributed by atoms with E-state index in [1.165, 1.54) is 11.1 Å². The quantitative estimate of drug-likeness (QED) is 0.206. The molecule has 0 fully saturated rings. The topological polar surface area (TPSA) is 34.1 Å². The molecule has 4 heteroatoms. The number of benzene rings is 4. The molecule has 0 saturated carbocycles. The summed E-state index contributed by atoms with van der Waals surface area (Å²) < 4.78 is 4.35. The van der Waals surface area contributed by atoms with Crippen LogP contribution in [-0.4, -0.2) is 0 Å². The van der Waals surface area contributed by atoms with E-state index in [4.69, 9.17) is 0 Å². The van der Waals surface area contributed by atoms with Gasteiger partial charge in [0.15, 0.2) is 10.9 Å². The summed E-state index contributed by atoms with van der Waals surface area (Å²) in [5.41, 5.74) is 4.98. The number of hydrogen-bond donors (Lipinski definition) is 0. The number of rotatable bonds is 0. The maximum atomic E-state index is 12.4. The maximum absolute atomic E-state index is 12.4. The Kier molecular flexibility index (Phi) is 5.80. The molecular formula is C30H24O2S2. The lowest BCUT2D eigenvalue weighted by molar-refractivity contribution is 1.44. The minimum atomic E-state index is 0.154.